The van der Waals surface area contributed by atoms with E-state index in [-0.39, 0.29) is 23.3 Å². The van der Waals surface area contributed by atoms with Crippen molar-refractivity contribution in [2.24, 2.45) is 4.99 Å². The number of aromatic nitrogens is 1. The van der Waals surface area contributed by atoms with E-state index in [4.69, 9.17) is 11.2 Å². The molecule has 0 aliphatic rings. The molecule has 0 radical (unpaired) electrons. The molecule has 1 heterocycles. The minimum Gasteiger partial charge on any atom is -0.497 e. The number of amides is 1. The van der Waals surface area contributed by atoms with Crippen LogP contribution < -0.4 is 9.54 Å². The Kier molecular flexibility index (Phi) is 5.14. The Morgan fingerprint density at radius 3 is 2.69 bits per heavy atom. The number of methoxy groups -OCH3 is 1. The predicted octanol–water partition coefficient (Wildman–Crippen LogP) is 3.29. The Labute approximate surface area is 152 Å². The van der Waals surface area contributed by atoms with Crippen LogP contribution in [0.1, 0.15) is 5.56 Å². The van der Waals surface area contributed by atoms with Crippen LogP contribution in [-0.2, 0) is 17.8 Å². The number of halogens is 2. The summed E-state index contributed by atoms with van der Waals surface area (Å²) in [6.45, 7) is 0.0250. The zero-order valence-corrected chi connectivity index (χ0v) is 14.6. The first kappa shape index (κ1) is 17.8. The molecule has 0 saturated carbocycles. The fourth-order valence-corrected chi connectivity index (χ4v) is 3.60. The Morgan fingerprint density at radius 1 is 1.31 bits per heavy atom. The highest BCUT2D eigenvalue weighted by Crippen LogP contribution is 2.22. The summed E-state index contributed by atoms with van der Waals surface area (Å²) in [6, 6.07) is 9.01. The van der Waals surface area contributed by atoms with Gasteiger partial charge in [-0.1, -0.05) is 29.4 Å². The van der Waals surface area contributed by atoms with E-state index in [1.54, 1.807) is 31.4 Å². The van der Waals surface area contributed by atoms with Crippen LogP contribution >= 0.6 is 11.3 Å². The van der Waals surface area contributed by atoms with Crippen molar-refractivity contribution in [2.75, 3.05) is 7.11 Å². The summed E-state index contributed by atoms with van der Waals surface area (Å²) in [6.07, 6.45) is 5.41. The van der Waals surface area contributed by atoms with E-state index in [2.05, 4.69) is 10.9 Å². The smallest absolute Gasteiger partial charge is 0.252 e. The maximum Gasteiger partial charge on any atom is 0.252 e. The van der Waals surface area contributed by atoms with Crippen molar-refractivity contribution in [3.63, 3.8) is 0 Å². The maximum absolute atomic E-state index is 14.1. The molecule has 0 aliphatic carbocycles. The number of fused-ring (bicyclic) bond motifs is 1. The molecule has 1 amide bonds. The van der Waals surface area contributed by atoms with Crippen molar-refractivity contribution in [2.45, 2.75) is 13.0 Å². The predicted molar refractivity (Wildman–Crippen MR) is 95.8 cm³/mol. The number of carbonyl (C=O) groups is 1. The van der Waals surface area contributed by atoms with Gasteiger partial charge in [-0.2, -0.15) is 4.99 Å². The summed E-state index contributed by atoms with van der Waals surface area (Å²) >= 11 is 1.02. The molecule has 0 spiro atoms. The molecular formula is C19H14F2N2O2S. The van der Waals surface area contributed by atoms with Gasteiger partial charge in [0.2, 0.25) is 0 Å². The van der Waals surface area contributed by atoms with Crippen LogP contribution in [0.5, 0.6) is 5.75 Å². The highest BCUT2D eigenvalue weighted by atomic mass is 32.1. The van der Waals surface area contributed by atoms with Crippen LogP contribution in [0.3, 0.4) is 0 Å². The van der Waals surface area contributed by atoms with Crippen molar-refractivity contribution in [1.82, 2.24) is 4.57 Å². The van der Waals surface area contributed by atoms with Crippen molar-refractivity contribution >= 4 is 27.5 Å². The topological polar surface area (TPSA) is 43.6 Å². The molecule has 1 aromatic heterocycles. The monoisotopic (exact) mass is 372 g/mol. The van der Waals surface area contributed by atoms with Gasteiger partial charge in [-0.3, -0.25) is 4.79 Å². The zero-order valence-electron chi connectivity index (χ0n) is 13.8. The summed E-state index contributed by atoms with van der Waals surface area (Å²) < 4.78 is 34.4. The molecule has 7 heteroatoms. The van der Waals surface area contributed by atoms with E-state index in [0.717, 1.165) is 23.0 Å². The number of nitrogens with zero attached hydrogens (tertiary/aromatic N) is 2. The third-order valence-electron chi connectivity index (χ3n) is 3.68. The van der Waals surface area contributed by atoms with Crippen molar-refractivity contribution in [1.29, 1.82) is 0 Å². The number of hydrogen-bond donors (Lipinski definition) is 0. The second-order valence-corrected chi connectivity index (χ2v) is 6.45. The third kappa shape index (κ3) is 3.65. The molecule has 4 nitrogen and oxygen atoms in total. The number of rotatable bonds is 4. The second kappa shape index (κ2) is 7.50. The molecule has 0 unspecified atom stereocenters. The van der Waals surface area contributed by atoms with Crippen LogP contribution in [0.25, 0.3) is 10.2 Å². The normalized spacial score (nSPS) is 11.5. The summed E-state index contributed by atoms with van der Waals surface area (Å²) in [5.74, 6) is 1.25. The Balaban J connectivity index is 1.99. The van der Waals surface area contributed by atoms with Crippen LogP contribution in [0.15, 0.2) is 41.4 Å². The number of thiazole rings is 1. The van der Waals surface area contributed by atoms with Gasteiger partial charge in [-0.15, -0.1) is 6.42 Å². The van der Waals surface area contributed by atoms with Crippen molar-refractivity contribution < 1.29 is 18.3 Å². The lowest BCUT2D eigenvalue weighted by Crippen LogP contribution is -2.17. The summed E-state index contributed by atoms with van der Waals surface area (Å²) in [7, 11) is 1.56. The summed E-state index contributed by atoms with van der Waals surface area (Å²) in [4.78, 5) is 16.6. The molecule has 0 fully saturated rings. The van der Waals surface area contributed by atoms with Crippen LogP contribution in [0, 0.1) is 24.0 Å². The molecule has 0 atom stereocenters. The first-order valence-corrected chi connectivity index (χ1v) is 8.46. The highest BCUT2D eigenvalue weighted by Gasteiger charge is 2.13. The number of terminal acetylenes is 1. The van der Waals surface area contributed by atoms with E-state index in [1.807, 2.05) is 0 Å². The number of hydrogen-bond acceptors (Lipinski definition) is 3. The van der Waals surface area contributed by atoms with Gasteiger partial charge in [-0.05, 0) is 23.8 Å². The molecular weight excluding hydrogens is 358 g/mol. The SMILES string of the molecule is C#CCn1c(=NC(=O)Cc2ccc(OC)cc2)sc2cc(F)cc(F)c21. The minimum atomic E-state index is -0.740. The molecule has 0 saturated heterocycles. The third-order valence-corrected chi connectivity index (χ3v) is 4.70. The van der Waals surface area contributed by atoms with E-state index < -0.39 is 17.5 Å². The minimum absolute atomic E-state index is 0.0250. The lowest BCUT2D eigenvalue weighted by atomic mass is 10.1. The average molecular weight is 372 g/mol. The van der Waals surface area contributed by atoms with E-state index in [9.17, 15) is 13.6 Å². The molecule has 132 valence electrons. The first-order valence-electron chi connectivity index (χ1n) is 7.64. The summed E-state index contributed by atoms with van der Waals surface area (Å²) in [5.41, 5.74) is 0.909. The van der Waals surface area contributed by atoms with Gasteiger partial charge >= 0.3 is 0 Å². The molecule has 0 bridgehead atoms. The fourth-order valence-electron chi connectivity index (χ4n) is 2.52. The quantitative estimate of drug-likeness (QED) is 0.660. The molecule has 2 aromatic carbocycles. The Morgan fingerprint density at radius 2 is 2.04 bits per heavy atom. The number of carbonyl (C=O) groups excluding carboxylic acids is 1. The molecule has 26 heavy (non-hydrogen) atoms. The standard InChI is InChI=1S/C19H14F2N2O2S/c1-3-8-23-18-15(21)10-13(20)11-16(18)26-19(23)22-17(24)9-12-4-6-14(25-2)7-5-12/h1,4-7,10-11H,8-9H2,2H3. The van der Waals surface area contributed by atoms with Crippen LogP contribution in [0.4, 0.5) is 8.78 Å². The van der Waals surface area contributed by atoms with Gasteiger partial charge < -0.3 is 9.30 Å². The Hall–Kier alpha value is -2.98. The van der Waals surface area contributed by atoms with Gasteiger partial charge in [0.15, 0.2) is 10.6 Å². The van der Waals surface area contributed by atoms with Gasteiger partial charge in [0, 0.05) is 6.07 Å². The summed E-state index contributed by atoms with van der Waals surface area (Å²) in [5, 5.41) is 0. The van der Waals surface area contributed by atoms with Gasteiger partial charge in [0.1, 0.15) is 11.6 Å². The second-order valence-electron chi connectivity index (χ2n) is 5.44. The molecule has 3 rings (SSSR count). The molecule has 0 aliphatic heterocycles. The molecule has 0 N–H and O–H groups in total. The largest absolute Gasteiger partial charge is 0.497 e. The van der Waals surface area contributed by atoms with E-state index in [0.29, 0.717) is 10.4 Å². The lowest BCUT2D eigenvalue weighted by molar-refractivity contribution is -0.117. The maximum atomic E-state index is 14.1. The average Bonchev–Trinajstić information content (AvgIpc) is 2.93. The molecule has 3 aromatic rings. The van der Waals surface area contributed by atoms with Crippen molar-refractivity contribution in [3.8, 4) is 18.1 Å². The van der Waals surface area contributed by atoms with Crippen molar-refractivity contribution in [3.05, 3.63) is 58.4 Å². The van der Waals surface area contributed by atoms with E-state index >= 15 is 0 Å². The lowest BCUT2D eigenvalue weighted by Gasteiger charge is -2.02. The van der Waals surface area contributed by atoms with Crippen LogP contribution in [-0.4, -0.2) is 17.6 Å². The highest BCUT2D eigenvalue weighted by molar-refractivity contribution is 7.16. The van der Waals surface area contributed by atoms with E-state index in [1.165, 1.54) is 10.6 Å². The fraction of sp³-hybridized carbons (Fsp3) is 0.158. The first-order chi connectivity index (χ1) is 12.5. The Bertz CT molecular complexity index is 1080. The van der Waals surface area contributed by atoms with Gasteiger partial charge in [-0.25, -0.2) is 8.78 Å². The van der Waals surface area contributed by atoms with Gasteiger partial charge in [0.25, 0.3) is 5.91 Å². The number of benzene rings is 2. The number of ether oxygens (including phenoxy) is 1. The van der Waals surface area contributed by atoms with Crippen LogP contribution in [0.2, 0.25) is 0 Å². The zero-order chi connectivity index (χ0) is 18.7. The van der Waals surface area contributed by atoms with Gasteiger partial charge in [0.05, 0.1) is 30.3 Å².